The van der Waals surface area contributed by atoms with E-state index in [-0.39, 0.29) is 103 Å². The molecule has 0 bridgehead atoms. The van der Waals surface area contributed by atoms with Crippen molar-refractivity contribution in [2.24, 2.45) is 0 Å². The average molecular weight is 445 g/mol. The Balaban J connectivity index is 0.000000504. The molecule has 0 aliphatic carbocycles. The topological polar surface area (TPSA) is 89.5 Å². The molecule has 0 heterocycles. The molecule has 0 aromatic heterocycles. The van der Waals surface area contributed by atoms with Gasteiger partial charge in [-0.15, -0.1) is 0 Å². The predicted octanol–water partition coefficient (Wildman–Crippen LogP) is -1.54. The van der Waals surface area contributed by atoms with Crippen molar-refractivity contribution in [2.75, 3.05) is 0 Å². The van der Waals surface area contributed by atoms with E-state index in [4.69, 9.17) is 22.3 Å². The molecule has 0 amide bonds. The van der Waals surface area contributed by atoms with E-state index in [0.717, 1.165) is 11.5 Å². The maximum Gasteiger partial charge on any atom is 1.00 e. The number of ether oxygens (including phenoxy) is 1. The minimum Gasteiger partial charge on any atom is -0.759 e. The van der Waals surface area contributed by atoms with Gasteiger partial charge in [0.2, 0.25) is 0 Å². The molecule has 4 aromatic carbocycles. The normalized spacial score (nSPS) is 10.2. The first kappa shape index (κ1) is 26.4. The fraction of sp³-hybridized carbons (Fsp3) is 0. The van der Waals surface area contributed by atoms with Crippen LogP contribution in [0.1, 0.15) is 0 Å². The molecule has 5 nitrogen and oxygen atoms in total. The van der Waals surface area contributed by atoms with Crippen LogP contribution in [-0.2, 0) is 10.4 Å². The van der Waals surface area contributed by atoms with Crippen molar-refractivity contribution in [3.8, 4) is 11.5 Å². The molecule has 0 aliphatic rings. The second-order valence-electron chi connectivity index (χ2n) is 5.53. The summed E-state index contributed by atoms with van der Waals surface area (Å²) in [6.07, 6.45) is 0. The molecule has 28 heavy (non-hydrogen) atoms. The Bertz CT molecular complexity index is 1080. The molecule has 4 aromatic rings. The van der Waals surface area contributed by atoms with Crippen LogP contribution in [0.25, 0.3) is 21.5 Å². The minimum atomic E-state index is -5.17. The van der Waals surface area contributed by atoms with Crippen LogP contribution in [0.3, 0.4) is 0 Å². The van der Waals surface area contributed by atoms with Gasteiger partial charge < -0.3 is 13.8 Å². The molecule has 132 valence electrons. The van der Waals surface area contributed by atoms with Gasteiger partial charge in [0.05, 0.1) is 0 Å². The van der Waals surface area contributed by atoms with Crippen LogP contribution in [0.2, 0.25) is 0 Å². The van der Waals surface area contributed by atoms with Gasteiger partial charge in [-0.05, 0) is 45.8 Å². The second-order valence-corrected chi connectivity index (χ2v) is 6.34. The van der Waals surface area contributed by atoms with Crippen LogP contribution in [0.15, 0.2) is 84.9 Å². The first-order valence-corrected chi connectivity index (χ1v) is 9.04. The second kappa shape index (κ2) is 12.3. The maximum absolute atomic E-state index is 8.52. The van der Waals surface area contributed by atoms with Gasteiger partial charge in [-0.1, -0.05) is 60.7 Å². The van der Waals surface area contributed by atoms with E-state index in [9.17, 15) is 0 Å². The van der Waals surface area contributed by atoms with Gasteiger partial charge in [-0.3, -0.25) is 8.42 Å². The van der Waals surface area contributed by atoms with Crippen molar-refractivity contribution >= 4 is 31.9 Å². The standard InChI is InChI=1S/C20H14O.2K.H2O4S/c1-3-7-17-13-19(11-9-15(17)5-1)21-20-12-10-16-6-2-4-8-18(16)14-20;;;1-5(2,3)4/h1-14H;;;(H2,1,2,3,4)/q;2*+1;/p-2. The Morgan fingerprint density at radius 3 is 1.25 bits per heavy atom. The average Bonchev–Trinajstić information content (AvgIpc) is 2.60. The summed E-state index contributed by atoms with van der Waals surface area (Å²) in [4.78, 5) is 0. The zero-order chi connectivity index (χ0) is 18.6. The largest absolute Gasteiger partial charge is 1.00 e. The van der Waals surface area contributed by atoms with E-state index in [1.807, 2.05) is 36.4 Å². The van der Waals surface area contributed by atoms with Crippen LogP contribution in [0.5, 0.6) is 11.5 Å². The Hall–Kier alpha value is 0.343. The number of fused-ring (bicyclic) bond motifs is 2. The third kappa shape index (κ3) is 8.60. The molecule has 0 aliphatic heterocycles. The van der Waals surface area contributed by atoms with Crippen molar-refractivity contribution in [3.05, 3.63) is 84.9 Å². The predicted molar refractivity (Wildman–Crippen MR) is 98.4 cm³/mol. The van der Waals surface area contributed by atoms with Crippen LogP contribution in [0.4, 0.5) is 0 Å². The van der Waals surface area contributed by atoms with Crippen LogP contribution in [0, 0.1) is 0 Å². The quantitative estimate of drug-likeness (QED) is 0.212. The van der Waals surface area contributed by atoms with E-state index in [1.165, 1.54) is 21.5 Å². The molecule has 0 atom stereocenters. The smallest absolute Gasteiger partial charge is 0.759 e. The van der Waals surface area contributed by atoms with Crippen molar-refractivity contribution in [1.82, 2.24) is 0 Å². The van der Waals surface area contributed by atoms with E-state index < -0.39 is 10.4 Å². The monoisotopic (exact) mass is 444 g/mol. The molecule has 4 rings (SSSR count). The summed E-state index contributed by atoms with van der Waals surface area (Å²) in [6, 6.07) is 28.9. The summed E-state index contributed by atoms with van der Waals surface area (Å²) in [6.45, 7) is 0. The van der Waals surface area contributed by atoms with E-state index in [2.05, 4.69) is 48.5 Å². The Kier molecular flexibility index (Phi) is 11.5. The van der Waals surface area contributed by atoms with Crippen LogP contribution < -0.4 is 108 Å². The molecule has 0 fully saturated rings. The maximum atomic E-state index is 8.52. The summed E-state index contributed by atoms with van der Waals surface area (Å²) >= 11 is 0. The van der Waals surface area contributed by atoms with Crippen molar-refractivity contribution in [2.45, 2.75) is 0 Å². The van der Waals surface area contributed by atoms with E-state index in [1.54, 1.807) is 0 Å². The molecule has 0 saturated heterocycles. The minimum absolute atomic E-state index is 0. The van der Waals surface area contributed by atoms with Gasteiger partial charge in [-0.25, -0.2) is 0 Å². The van der Waals surface area contributed by atoms with Gasteiger partial charge >= 0.3 is 103 Å². The number of hydrogen-bond donors (Lipinski definition) is 0. The Morgan fingerprint density at radius 1 is 0.571 bits per heavy atom. The van der Waals surface area contributed by atoms with Crippen molar-refractivity contribution in [1.29, 1.82) is 0 Å². The van der Waals surface area contributed by atoms with Gasteiger partial charge in [-0.2, -0.15) is 0 Å². The van der Waals surface area contributed by atoms with Gasteiger partial charge in [0.15, 0.2) is 0 Å². The molecule has 8 heteroatoms. The van der Waals surface area contributed by atoms with Gasteiger partial charge in [0.25, 0.3) is 0 Å². The fourth-order valence-electron chi connectivity index (χ4n) is 2.60. The van der Waals surface area contributed by atoms with Crippen molar-refractivity contribution < 1.29 is 125 Å². The summed E-state index contributed by atoms with van der Waals surface area (Å²) < 4.78 is 40.1. The molecule has 0 saturated carbocycles. The third-order valence-corrected chi connectivity index (χ3v) is 3.68. The summed E-state index contributed by atoms with van der Waals surface area (Å²) in [5.74, 6) is 1.73. The SMILES string of the molecule is O=S(=O)([O-])[O-].[K+].[K+].c1ccc2cc(Oc3ccc4ccccc4c3)ccc2c1. The fourth-order valence-corrected chi connectivity index (χ4v) is 2.60. The zero-order valence-corrected chi connectivity index (χ0v) is 22.6. The van der Waals surface area contributed by atoms with E-state index in [0.29, 0.717) is 0 Å². The van der Waals surface area contributed by atoms with Gasteiger partial charge in [0, 0.05) is 10.4 Å². The summed E-state index contributed by atoms with van der Waals surface area (Å²) in [5.41, 5.74) is 0. The molecule has 0 spiro atoms. The zero-order valence-electron chi connectivity index (χ0n) is 15.5. The van der Waals surface area contributed by atoms with Crippen LogP contribution in [-0.4, -0.2) is 17.5 Å². The van der Waals surface area contributed by atoms with Gasteiger partial charge in [0.1, 0.15) is 11.5 Å². The van der Waals surface area contributed by atoms with E-state index >= 15 is 0 Å². The number of rotatable bonds is 2. The van der Waals surface area contributed by atoms with Crippen LogP contribution >= 0.6 is 0 Å². The Labute approximate surface area is 248 Å². The number of benzene rings is 4. The molecular weight excluding hydrogens is 430 g/mol. The first-order valence-electron chi connectivity index (χ1n) is 7.71. The molecule has 0 radical (unpaired) electrons. The summed E-state index contributed by atoms with van der Waals surface area (Å²) in [5, 5.41) is 4.83. The molecule has 0 N–H and O–H groups in total. The first-order chi connectivity index (χ1) is 12.4. The molecular formula is C20H14K2O5S. The summed E-state index contributed by atoms with van der Waals surface area (Å²) in [7, 11) is -5.17. The Morgan fingerprint density at radius 2 is 0.893 bits per heavy atom. The third-order valence-electron chi connectivity index (χ3n) is 3.68. The molecule has 0 unspecified atom stereocenters. The number of hydrogen-bond acceptors (Lipinski definition) is 5. The van der Waals surface area contributed by atoms with Crippen molar-refractivity contribution in [3.63, 3.8) is 0 Å².